The lowest BCUT2D eigenvalue weighted by atomic mass is 10.1. The van der Waals surface area contributed by atoms with E-state index in [4.69, 9.17) is 0 Å². The fourth-order valence-corrected chi connectivity index (χ4v) is 3.01. The van der Waals surface area contributed by atoms with Gasteiger partial charge in [0.05, 0.1) is 16.3 Å². The molecule has 3 rings (SSSR count). The van der Waals surface area contributed by atoms with E-state index in [0.717, 1.165) is 22.6 Å². The Morgan fingerprint density at radius 1 is 1.11 bits per heavy atom. The van der Waals surface area contributed by atoms with E-state index < -0.39 is 4.92 Å². The lowest BCUT2D eigenvalue weighted by Gasteiger charge is -2.09. The summed E-state index contributed by atoms with van der Waals surface area (Å²) in [7, 11) is 0. The number of carbonyl (C=O) groups is 1. The van der Waals surface area contributed by atoms with E-state index in [-0.39, 0.29) is 11.5 Å². The van der Waals surface area contributed by atoms with Gasteiger partial charge in [0.2, 0.25) is 0 Å². The van der Waals surface area contributed by atoms with Crippen molar-refractivity contribution in [2.45, 2.75) is 20.8 Å². The van der Waals surface area contributed by atoms with Gasteiger partial charge < -0.3 is 4.57 Å². The molecule has 0 saturated carbocycles. The van der Waals surface area contributed by atoms with Crippen molar-refractivity contribution in [3.63, 3.8) is 0 Å². The molecule has 0 aliphatic carbocycles. The first kappa shape index (κ1) is 18.3. The second-order valence-electron chi connectivity index (χ2n) is 6.30. The number of nitro groups is 1. The zero-order valence-electron chi connectivity index (χ0n) is 15.3. The van der Waals surface area contributed by atoms with Crippen LogP contribution in [0.1, 0.15) is 34.2 Å². The number of ketones is 1. The number of Topliss-reactive ketones (excluding diaryl/α,β-unsaturated/α-hetero) is 1. The van der Waals surface area contributed by atoms with Crippen LogP contribution < -0.4 is 0 Å². The second-order valence-corrected chi connectivity index (χ2v) is 6.30. The Labute approximate surface area is 156 Å². The minimum absolute atomic E-state index is 0.00380. The number of hydrogen-bond donors (Lipinski definition) is 0. The van der Waals surface area contributed by atoms with E-state index in [9.17, 15) is 14.9 Å². The average Bonchev–Trinajstić information content (AvgIpc) is 2.93. The molecule has 6 heteroatoms. The highest BCUT2D eigenvalue weighted by atomic mass is 16.6. The van der Waals surface area contributed by atoms with Crippen LogP contribution in [0.2, 0.25) is 0 Å². The molecule has 27 heavy (non-hydrogen) atoms. The number of carbonyl (C=O) groups excluding carboxylic acids is 1. The first-order chi connectivity index (χ1) is 12.9. The Bertz CT molecular complexity index is 1060. The molecule has 0 N–H and O–H groups in total. The van der Waals surface area contributed by atoms with Gasteiger partial charge in [0.1, 0.15) is 0 Å². The third-order valence-electron chi connectivity index (χ3n) is 4.37. The van der Waals surface area contributed by atoms with Crippen LogP contribution in [-0.2, 0) is 0 Å². The maximum absolute atomic E-state index is 11.5. The van der Waals surface area contributed by atoms with Gasteiger partial charge in [-0.25, -0.2) is 0 Å². The summed E-state index contributed by atoms with van der Waals surface area (Å²) in [6, 6.07) is 15.7. The quantitative estimate of drug-likeness (QED) is 0.279. The van der Waals surface area contributed by atoms with Gasteiger partial charge in [-0.05, 0) is 45.0 Å². The molecule has 0 spiro atoms. The summed E-state index contributed by atoms with van der Waals surface area (Å²) in [5.41, 5.74) is 4.89. The van der Waals surface area contributed by atoms with Crippen molar-refractivity contribution in [2.24, 2.45) is 4.99 Å². The number of rotatable bonds is 5. The predicted octanol–water partition coefficient (Wildman–Crippen LogP) is 4.96. The fraction of sp³-hybridized carbons (Fsp3) is 0.143. The van der Waals surface area contributed by atoms with E-state index in [1.165, 1.54) is 13.0 Å². The number of aromatic nitrogens is 1. The Kier molecular flexibility index (Phi) is 4.98. The summed E-state index contributed by atoms with van der Waals surface area (Å²) in [4.78, 5) is 26.6. The van der Waals surface area contributed by atoms with Crippen LogP contribution in [0.3, 0.4) is 0 Å². The van der Waals surface area contributed by atoms with Crippen LogP contribution >= 0.6 is 0 Å². The van der Waals surface area contributed by atoms with Gasteiger partial charge in [-0.15, -0.1) is 0 Å². The molecule has 0 atom stereocenters. The standard InChI is InChI=1S/C21H19N3O3/c1-14-10-18(13-22-19-7-4-6-17(11-19)16(3)25)15(2)23(14)20-8-5-9-21(12-20)24(26)27/h4-13H,1-3H3. The number of hydrogen-bond acceptors (Lipinski definition) is 4. The lowest BCUT2D eigenvalue weighted by Crippen LogP contribution is -2.00. The maximum atomic E-state index is 11.5. The second kappa shape index (κ2) is 7.37. The van der Waals surface area contributed by atoms with Crippen LogP contribution in [0.25, 0.3) is 5.69 Å². The number of non-ortho nitro benzene ring substituents is 1. The molecule has 1 heterocycles. The highest BCUT2D eigenvalue weighted by molar-refractivity contribution is 5.95. The number of benzene rings is 2. The Hall–Kier alpha value is -3.54. The van der Waals surface area contributed by atoms with Crippen molar-refractivity contribution < 1.29 is 9.72 Å². The molecule has 6 nitrogen and oxygen atoms in total. The van der Waals surface area contributed by atoms with Crippen molar-refractivity contribution >= 4 is 23.4 Å². The molecule has 136 valence electrons. The number of nitrogens with zero attached hydrogens (tertiary/aromatic N) is 3. The van der Waals surface area contributed by atoms with Crippen LogP contribution in [-0.4, -0.2) is 21.5 Å². The van der Waals surface area contributed by atoms with Crippen molar-refractivity contribution in [1.82, 2.24) is 4.57 Å². The first-order valence-corrected chi connectivity index (χ1v) is 8.45. The van der Waals surface area contributed by atoms with Crippen LogP contribution in [0.4, 0.5) is 11.4 Å². The molecule has 0 radical (unpaired) electrons. The highest BCUT2D eigenvalue weighted by Crippen LogP contribution is 2.24. The summed E-state index contributed by atoms with van der Waals surface area (Å²) in [6.07, 6.45) is 1.75. The van der Waals surface area contributed by atoms with Crippen molar-refractivity contribution in [3.8, 4) is 5.69 Å². The smallest absolute Gasteiger partial charge is 0.271 e. The minimum atomic E-state index is -0.401. The molecule has 1 aromatic heterocycles. The summed E-state index contributed by atoms with van der Waals surface area (Å²) >= 11 is 0. The summed E-state index contributed by atoms with van der Waals surface area (Å²) in [5.74, 6) is -0.00380. The monoisotopic (exact) mass is 361 g/mol. The normalized spacial score (nSPS) is 11.1. The van der Waals surface area contributed by atoms with Crippen LogP contribution in [0, 0.1) is 24.0 Å². The van der Waals surface area contributed by atoms with E-state index in [0.29, 0.717) is 11.3 Å². The summed E-state index contributed by atoms with van der Waals surface area (Å²) in [5, 5.41) is 11.0. The van der Waals surface area contributed by atoms with Gasteiger partial charge >= 0.3 is 0 Å². The van der Waals surface area contributed by atoms with E-state index in [2.05, 4.69) is 4.99 Å². The van der Waals surface area contributed by atoms with Gasteiger partial charge in [0.15, 0.2) is 5.78 Å². The van der Waals surface area contributed by atoms with E-state index >= 15 is 0 Å². The highest BCUT2D eigenvalue weighted by Gasteiger charge is 2.12. The first-order valence-electron chi connectivity index (χ1n) is 8.45. The Morgan fingerprint density at radius 2 is 1.85 bits per heavy atom. The van der Waals surface area contributed by atoms with E-state index in [1.54, 1.807) is 36.5 Å². The third kappa shape index (κ3) is 3.84. The zero-order valence-corrected chi connectivity index (χ0v) is 15.3. The third-order valence-corrected chi connectivity index (χ3v) is 4.37. The molecular weight excluding hydrogens is 342 g/mol. The maximum Gasteiger partial charge on any atom is 0.271 e. The molecule has 0 amide bonds. The lowest BCUT2D eigenvalue weighted by molar-refractivity contribution is -0.384. The summed E-state index contributed by atoms with van der Waals surface area (Å²) < 4.78 is 1.96. The molecule has 3 aromatic rings. The largest absolute Gasteiger partial charge is 0.318 e. The van der Waals surface area contributed by atoms with Gasteiger partial charge in [0, 0.05) is 40.9 Å². The molecule has 0 aliphatic heterocycles. The molecule has 0 saturated heterocycles. The average molecular weight is 361 g/mol. The molecule has 0 unspecified atom stereocenters. The molecule has 2 aromatic carbocycles. The molecule has 0 bridgehead atoms. The van der Waals surface area contributed by atoms with Crippen molar-refractivity contribution in [3.05, 3.63) is 87.2 Å². The van der Waals surface area contributed by atoms with E-state index in [1.807, 2.05) is 36.6 Å². The van der Waals surface area contributed by atoms with Gasteiger partial charge in [-0.1, -0.05) is 18.2 Å². The molecular formula is C21H19N3O3. The van der Waals surface area contributed by atoms with Gasteiger partial charge in [0.25, 0.3) is 5.69 Å². The van der Waals surface area contributed by atoms with Gasteiger partial charge in [-0.2, -0.15) is 0 Å². The molecule has 0 fully saturated rings. The minimum Gasteiger partial charge on any atom is -0.318 e. The SMILES string of the molecule is CC(=O)c1cccc(N=Cc2cc(C)n(-c3cccc([N+](=O)[O-])c3)c2C)c1. The predicted molar refractivity (Wildman–Crippen MR) is 106 cm³/mol. The topological polar surface area (TPSA) is 77.5 Å². The summed E-state index contributed by atoms with van der Waals surface area (Å²) in [6.45, 7) is 5.41. The fourth-order valence-electron chi connectivity index (χ4n) is 3.01. The van der Waals surface area contributed by atoms with Crippen LogP contribution in [0.15, 0.2) is 59.6 Å². The zero-order chi connectivity index (χ0) is 19.6. The van der Waals surface area contributed by atoms with Crippen molar-refractivity contribution in [1.29, 1.82) is 0 Å². The number of aryl methyl sites for hydroxylation is 1. The van der Waals surface area contributed by atoms with Crippen molar-refractivity contribution in [2.75, 3.05) is 0 Å². The number of nitro benzene ring substituents is 1. The van der Waals surface area contributed by atoms with Gasteiger partial charge in [-0.3, -0.25) is 19.9 Å². The van der Waals surface area contributed by atoms with Crippen LogP contribution in [0.5, 0.6) is 0 Å². The Morgan fingerprint density at radius 3 is 2.56 bits per heavy atom. The Balaban J connectivity index is 1.97. The molecule has 0 aliphatic rings. The number of aliphatic imine (C=N–C) groups is 1.